The van der Waals surface area contributed by atoms with Crippen molar-refractivity contribution in [1.82, 2.24) is 9.98 Å². The lowest BCUT2D eigenvalue weighted by Crippen LogP contribution is -1.94. The van der Waals surface area contributed by atoms with Gasteiger partial charge in [-0.25, -0.2) is 0 Å². The zero-order valence-electron chi connectivity index (χ0n) is 6.99. The van der Waals surface area contributed by atoms with Crippen LogP contribution in [0.15, 0.2) is 30.5 Å². The van der Waals surface area contributed by atoms with Crippen molar-refractivity contribution in [2.24, 2.45) is 0 Å². The molecule has 61 valence electrons. The normalized spacial score (nSPS) is 13.5. The van der Waals surface area contributed by atoms with Crippen LogP contribution in [0.2, 0.25) is 0 Å². The van der Waals surface area contributed by atoms with Crippen LogP contribution in [0.1, 0.15) is 11.3 Å². The molecule has 0 fully saturated rings. The van der Waals surface area contributed by atoms with Gasteiger partial charge in [0.15, 0.2) is 0 Å². The van der Waals surface area contributed by atoms with Gasteiger partial charge in [-0.2, -0.15) is 0 Å². The lowest BCUT2D eigenvalue weighted by molar-refractivity contribution is 1.34. The summed E-state index contributed by atoms with van der Waals surface area (Å²) in [5, 5.41) is 1.26. The Labute approximate surface area is 75.6 Å². The molecule has 1 aliphatic rings. The van der Waals surface area contributed by atoms with Crippen LogP contribution in [0.3, 0.4) is 0 Å². The molecule has 13 heavy (non-hydrogen) atoms. The standard InChI is InChI=1S/C11H8N2/c1-2-4-10-8(3-1)9-5-6-12-7-11(9)13-10/h1-7,13H/q+1. The number of nitrogens with one attached hydrogen (secondary N) is 1. The molecule has 0 unspecified atom stereocenters. The number of aromatic amines is 1. The molecule has 0 spiro atoms. The zero-order valence-corrected chi connectivity index (χ0v) is 6.99. The topological polar surface area (TPSA) is 29.9 Å². The molecule has 0 aliphatic carbocycles. The molecule has 1 aromatic heterocycles. The highest BCUT2D eigenvalue weighted by molar-refractivity contribution is 5.99. The molecule has 0 saturated carbocycles. The maximum Gasteiger partial charge on any atom is 0.266 e. The average Bonchev–Trinajstić information content (AvgIpc) is 2.56. The van der Waals surface area contributed by atoms with Crippen molar-refractivity contribution >= 4 is 23.2 Å². The SMILES string of the molecule is C1=Cc2c([nH]c3ccccc23)C=[N+]1. The fourth-order valence-electron chi connectivity index (χ4n) is 1.70. The Morgan fingerprint density at radius 1 is 1.15 bits per heavy atom. The van der Waals surface area contributed by atoms with E-state index >= 15 is 0 Å². The molecule has 1 aromatic carbocycles. The molecule has 1 radical (unpaired) electrons. The van der Waals surface area contributed by atoms with Crippen LogP contribution in [0, 0.1) is 0 Å². The number of rotatable bonds is 0. The van der Waals surface area contributed by atoms with Crippen molar-refractivity contribution in [2.75, 3.05) is 0 Å². The quantitative estimate of drug-likeness (QED) is 0.622. The van der Waals surface area contributed by atoms with Crippen LogP contribution in [0.5, 0.6) is 0 Å². The van der Waals surface area contributed by atoms with Crippen LogP contribution < -0.4 is 4.99 Å². The third kappa shape index (κ3) is 0.855. The van der Waals surface area contributed by atoms with Gasteiger partial charge in [-0.1, -0.05) is 18.2 Å². The largest absolute Gasteiger partial charge is 0.349 e. The highest BCUT2D eigenvalue weighted by atomic mass is 14.8. The van der Waals surface area contributed by atoms with Crippen molar-refractivity contribution in [1.29, 1.82) is 0 Å². The third-order valence-corrected chi connectivity index (χ3v) is 2.31. The smallest absolute Gasteiger partial charge is 0.266 e. The van der Waals surface area contributed by atoms with E-state index in [0.29, 0.717) is 0 Å². The van der Waals surface area contributed by atoms with Crippen LogP contribution in [-0.2, 0) is 0 Å². The Hall–Kier alpha value is -1.83. The van der Waals surface area contributed by atoms with Crippen molar-refractivity contribution < 1.29 is 0 Å². The first-order valence-electron chi connectivity index (χ1n) is 4.25. The molecule has 3 rings (SSSR count). The minimum Gasteiger partial charge on any atom is -0.349 e. The van der Waals surface area contributed by atoms with Crippen molar-refractivity contribution in [2.45, 2.75) is 0 Å². The third-order valence-electron chi connectivity index (χ3n) is 2.31. The maximum absolute atomic E-state index is 4.08. The van der Waals surface area contributed by atoms with E-state index in [-0.39, 0.29) is 0 Å². The van der Waals surface area contributed by atoms with Gasteiger partial charge in [0.25, 0.3) is 6.21 Å². The second-order valence-corrected chi connectivity index (χ2v) is 3.09. The minimum atomic E-state index is 1.10. The number of aliphatic imine (C=N–C) groups is 1. The monoisotopic (exact) mass is 168 g/mol. The number of benzene rings is 1. The van der Waals surface area contributed by atoms with Gasteiger partial charge in [-0.05, 0) is 6.07 Å². The van der Waals surface area contributed by atoms with E-state index in [2.05, 4.69) is 28.2 Å². The summed E-state index contributed by atoms with van der Waals surface area (Å²) < 4.78 is 0. The molecule has 0 amide bonds. The average molecular weight is 168 g/mol. The summed E-state index contributed by atoms with van der Waals surface area (Å²) >= 11 is 0. The fraction of sp³-hybridized carbons (Fsp3) is 0. The summed E-state index contributed by atoms with van der Waals surface area (Å²) in [5.74, 6) is 0. The van der Waals surface area contributed by atoms with Gasteiger partial charge < -0.3 is 4.98 Å². The van der Waals surface area contributed by atoms with E-state index in [1.807, 2.05) is 24.6 Å². The van der Waals surface area contributed by atoms with Crippen LogP contribution >= 0.6 is 0 Å². The molecule has 0 saturated heterocycles. The summed E-state index contributed by atoms with van der Waals surface area (Å²) in [7, 11) is 0. The Kier molecular flexibility index (Phi) is 1.19. The summed E-state index contributed by atoms with van der Waals surface area (Å²) in [6, 6.07) is 8.28. The molecule has 0 atom stereocenters. The second kappa shape index (κ2) is 2.33. The highest BCUT2D eigenvalue weighted by Crippen LogP contribution is 2.23. The summed E-state index contributed by atoms with van der Waals surface area (Å²) in [4.78, 5) is 7.39. The number of H-pyrrole nitrogens is 1. The molecule has 2 heteroatoms. The molecule has 2 nitrogen and oxygen atoms in total. The van der Waals surface area contributed by atoms with Crippen LogP contribution in [-0.4, -0.2) is 11.2 Å². The maximum atomic E-state index is 4.08. The lowest BCUT2D eigenvalue weighted by Gasteiger charge is -1.89. The number of hydrogen-bond acceptors (Lipinski definition) is 1. The highest BCUT2D eigenvalue weighted by Gasteiger charge is 2.13. The summed E-state index contributed by atoms with van der Waals surface area (Å²) in [6.07, 6.45) is 5.71. The van der Waals surface area contributed by atoms with Crippen LogP contribution in [0.25, 0.3) is 17.0 Å². The van der Waals surface area contributed by atoms with Crippen molar-refractivity contribution in [3.05, 3.63) is 41.7 Å². The molecule has 1 aliphatic heterocycles. The van der Waals surface area contributed by atoms with E-state index in [0.717, 1.165) is 5.69 Å². The minimum absolute atomic E-state index is 1.10. The molecular weight excluding hydrogens is 160 g/mol. The van der Waals surface area contributed by atoms with Gasteiger partial charge in [0.05, 0.1) is 4.99 Å². The number of hydrogen-bond donors (Lipinski definition) is 1. The predicted molar refractivity (Wildman–Crippen MR) is 54.6 cm³/mol. The number of fused-ring (bicyclic) bond motifs is 3. The second-order valence-electron chi connectivity index (χ2n) is 3.09. The van der Waals surface area contributed by atoms with E-state index < -0.39 is 0 Å². The van der Waals surface area contributed by atoms with Gasteiger partial charge in [-0.15, -0.1) is 0 Å². The van der Waals surface area contributed by atoms with E-state index in [1.54, 1.807) is 0 Å². The first-order chi connectivity index (χ1) is 6.45. The molecular formula is C11H8N2+. The molecule has 2 aromatic rings. The van der Waals surface area contributed by atoms with Gasteiger partial charge in [0.1, 0.15) is 5.69 Å². The van der Waals surface area contributed by atoms with Crippen LogP contribution in [0.4, 0.5) is 0 Å². The van der Waals surface area contributed by atoms with E-state index in [1.165, 1.54) is 16.5 Å². The zero-order chi connectivity index (χ0) is 8.67. The van der Waals surface area contributed by atoms with E-state index in [4.69, 9.17) is 0 Å². The molecule has 2 heterocycles. The Balaban J connectivity index is 2.49. The first kappa shape index (κ1) is 6.66. The van der Waals surface area contributed by atoms with Gasteiger partial charge in [0, 0.05) is 22.5 Å². The number of nitrogens with zero attached hydrogens (tertiary/aromatic N) is 1. The molecule has 1 N–H and O–H groups in total. The van der Waals surface area contributed by atoms with Gasteiger partial charge in [-0.3, -0.25) is 0 Å². The summed E-state index contributed by atoms with van der Waals surface area (Å²) in [6.45, 7) is 0. The number of aromatic nitrogens is 1. The molecule has 0 bridgehead atoms. The first-order valence-corrected chi connectivity index (χ1v) is 4.25. The summed E-state index contributed by atoms with van der Waals surface area (Å²) in [5.41, 5.74) is 3.51. The predicted octanol–water partition coefficient (Wildman–Crippen LogP) is 1.91. The lowest BCUT2D eigenvalue weighted by atomic mass is 10.1. The van der Waals surface area contributed by atoms with Crippen molar-refractivity contribution in [3.63, 3.8) is 0 Å². The Bertz CT molecular complexity index is 518. The van der Waals surface area contributed by atoms with Gasteiger partial charge >= 0.3 is 0 Å². The van der Waals surface area contributed by atoms with E-state index in [9.17, 15) is 0 Å². The fourth-order valence-corrected chi connectivity index (χ4v) is 1.70. The van der Waals surface area contributed by atoms with Crippen molar-refractivity contribution in [3.8, 4) is 0 Å². The number of para-hydroxylation sites is 1. The Morgan fingerprint density at radius 2 is 2.08 bits per heavy atom. The van der Waals surface area contributed by atoms with Gasteiger partial charge in [0.2, 0.25) is 6.20 Å². The Morgan fingerprint density at radius 3 is 3.08 bits per heavy atom.